The van der Waals surface area contributed by atoms with Gasteiger partial charge in [0.2, 0.25) is 0 Å². The molecule has 2 heterocycles. The summed E-state index contributed by atoms with van der Waals surface area (Å²) in [4.78, 5) is 7.04. The van der Waals surface area contributed by atoms with Gasteiger partial charge < -0.3 is 9.47 Å². The normalized spacial score (nSPS) is 13.8. The van der Waals surface area contributed by atoms with Crippen LogP contribution in [0.25, 0.3) is 11.2 Å². The van der Waals surface area contributed by atoms with E-state index >= 15 is 0 Å². The van der Waals surface area contributed by atoms with Crippen molar-refractivity contribution in [2.45, 2.75) is 33.2 Å². The highest BCUT2D eigenvalue weighted by molar-refractivity contribution is 6.17. The number of hydrogen-bond donors (Lipinski definition) is 0. The van der Waals surface area contributed by atoms with E-state index in [1.54, 1.807) is 0 Å². The number of aromatic nitrogens is 4. The number of halogens is 1. The summed E-state index contributed by atoms with van der Waals surface area (Å²) in [6.07, 6.45) is 0.784. The zero-order valence-electron chi connectivity index (χ0n) is 13.9. The molecule has 2 rings (SSSR count). The molecule has 6 heteroatoms. The minimum absolute atomic E-state index is 0.359. The van der Waals surface area contributed by atoms with Gasteiger partial charge >= 0.3 is 0 Å². The Labute approximate surface area is 131 Å². The standard InChI is InChI=1S/C15H26ClN5/c1-10(2)12(9-19(4)5)21-13(7-8-16)17-14-11(3)18-20(6)15(14)21/h10,12H,7-9H2,1-6H3. The van der Waals surface area contributed by atoms with Crippen LogP contribution >= 0.6 is 11.6 Å². The Bertz CT molecular complexity index is 611. The third-order valence-corrected chi connectivity index (χ3v) is 4.07. The minimum atomic E-state index is 0.359. The number of likely N-dealkylation sites (N-methyl/N-ethyl adjacent to an activating group) is 1. The molecule has 0 aliphatic rings. The van der Waals surface area contributed by atoms with Crippen LogP contribution in [0.3, 0.4) is 0 Å². The maximum atomic E-state index is 5.99. The van der Waals surface area contributed by atoms with E-state index in [1.165, 1.54) is 0 Å². The fourth-order valence-corrected chi connectivity index (χ4v) is 3.08. The molecule has 0 aromatic carbocycles. The van der Waals surface area contributed by atoms with Crippen LogP contribution in [0.2, 0.25) is 0 Å². The van der Waals surface area contributed by atoms with Crippen LogP contribution in [0.15, 0.2) is 0 Å². The van der Waals surface area contributed by atoms with Gasteiger partial charge in [-0.25, -0.2) is 4.98 Å². The number of hydrogen-bond acceptors (Lipinski definition) is 3. The second kappa shape index (κ2) is 6.36. The highest BCUT2D eigenvalue weighted by atomic mass is 35.5. The number of alkyl halides is 1. The molecule has 1 atom stereocenters. The lowest BCUT2D eigenvalue weighted by molar-refractivity contribution is 0.267. The Hall–Kier alpha value is -1.07. The van der Waals surface area contributed by atoms with Crippen molar-refractivity contribution < 1.29 is 0 Å². The van der Waals surface area contributed by atoms with Crippen molar-refractivity contribution in [3.63, 3.8) is 0 Å². The molecule has 0 aliphatic heterocycles. The first-order valence-corrected chi connectivity index (χ1v) is 8.01. The number of nitrogens with zero attached hydrogens (tertiary/aromatic N) is 5. The van der Waals surface area contributed by atoms with E-state index in [4.69, 9.17) is 16.6 Å². The number of aryl methyl sites for hydroxylation is 3. The molecule has 0 saturated heterocycles. The van der Waals surface area contributed by atoms with Crippen LogP contribution in [-0.2, 0) is 13.5 Å². The van der Waals surface area contributed by atoms with Gasteiger partial charge in [-0.1, -0.05) is 13.8 Å². The van der Waals surface area contributed by atoms with Crippen molar-refractivity contribution >= 4 is 22.8 Å². The lowest BCUT2D eigenvalue weighted by atomic mass is 10.0. The predicted octanol–water partition coefficient (Wildman–Crippen LogP) is 2.62. The zero-order valence-corrected chi connectivity index (χ0v) is 14.6. The highest BCUT2D eigenvalue weighted by Crippen LogP contribution is 2.28. The summed E-state index contributed by atoms with van der Waals surface area (Å²) >= 11 is 5.99. The van der Waals surface area contributed by atoms with Crippen LogP contribution in [0.4, 0.5) is 0 Å². The summed E-state index contributed by atoms with van der Waals surface area (Å²) in [6, 6.07) is 0.359. The maximum absolute atomic E-state index is 5.99. The average Bonchev–Trinajstić information content (AvgIpc) is 2.86. The Morgan fingerprint density at radius 3 is 2.48 bits per heavy atom. The molecule has 0 amide bonds. The second-order valence-corrected chi connectivity index (χ2v) is 6.67. The molecule has 0 aliphatic carbocycles. The van der Waals surface area contributed by atoms with Gasteiger partial charge in [0.05, 0.1) is 11.7 Å². The van der Waals surface area contributed by atoms with E-state index in [2.05, 4.69) is 42.5 Å². The van der Waals surface area contributed by atoms with Crippen molar-refractivity contribution in [1.82, 2.24) is 24.2 Å². The third kappa shape index (κ3) is 3.09. The van der Waals surface area contributed by atoms with E-state index in [9.17, 15) is 0 Å². The van der Waals surface area contributed by atoms with Gasteiger partial charge in [-0.05, 0) is 26.9 Å². The third-order valence-electron chi connectivity index (χ3n) is 3.88. The summed E-state index contributed by atoms with van der Waals surface area (Å²) in [5, 5.41) is 4.52. The van der Waals surface area contributed by atoms with E-state index < -0.39 is 0 Å². The SMILES string of the molecule is Cc1nn(C)c2c1nc(CCCl)n2C(CN(C)C)C(C)C. The Kier molecular flexibility index (Phi) is 4.94. The smallest absolute Gasteiger partial charge is 0.158 e. The molecule has 1 unspecified atom stereocenters. The molecule has 0 spiro atoms. The van der Waals surface area contributed by atoms with Gasteiger partial charge in [-0.2, -0.15) is 5.10 Å². The Morgan fingerprint density at radius 1 is 1.29 bits per heavy atom. The van der Waals surface area contributed by atoms with E-state index in [1.807, 2.05) is 18.7 Å². The second-order valence-electron chi connectivity index (χ2n) is 6.29. The van der Waals surface area contributed by atoms with Crippen LogP contribution in [-0.4, -0.2) is 50.8 Å². The summed E-state index contributed by atoms with van der Waals surface area (Å²) in [7, 11) is 6.21. The molecule has 0 saturated carbocycles. The minimum Gasteiger partial charge on any atom is -0.308 e. The summed E-state index contributed by atoms with van der Waals surface area (Å²) in [5.74, 6) is 2.16. The molecule has 2 aromatic heterocycles. The van der Waals surface area contributed by atoms with Gasteiger partial charge in [-0.3, -0.25) is 4.68 Å². The highest BCUT2D eigenvalue weighted by Gasteiger charge is 2.25. The van der Waals surface area contributed by atoms with Crippen LogP contribution < -0.4 is 0 Å². The van der Waals surface area contributed by atoms with Gasteiger partial charge in [-0.15, -0.1) is 11.6 Å². The molecular formula is C15H26ClN5. The van der Waals surface area contributed by atoms with E-state index in [-0.39, 0.29) is 0 Å². The first-order valence-electron chi connectivity index (χ1n) is 7.47. The molecule has 5 nitrogen and oxygen atoms in total. The lowest BCUT2D eigenvalue weighted by Gasteiger charge is -2.28. The van der Waals surface area contributed by atoms with Gasteiger partial charge in [0.15, 0.2) is 5.65 Å². The topological polar surface area (TPSA) is 38.9 Å². The molecule has 0 fully saturated rings. The lowest BCUT2D eigenvalue weighted by Crippen LogP contribution is -2.30. The van der Waals surface area contributed by atoms with Crippen molar-refractivity contribution in [3.8, 4) is 0 Å². The number of imidazole rings is 1. The van der Waals surface area contributed by atoms with E-state index in [0.717, 1.165) is 35.6 Å². The molecular weight excluding hydrogens is 286 g/mol. The van der Waals surface area contributed by atoms with Crippen molar-refractivity contribution in [1.29, 1.82) is 0 Å². The van der Waals surface area contributed by atoms with Crippen molar-refractivity contribution in [3.05, 3.63) is 11.5 Å². The van der Waals surface area contributed by atoms with Gasteiger partial charge in [0.25, 0.3) is 0 Å². The number of rotatable bonds is 6. The average molecular weight is 312 g/mol. The molecule has 21 heavy (non-hydrogen) atoms. The fraction of sp³-hybridized carbons (Fsp3) is 0.733. The quantitative estimate of drug-likeness (QED) is 0.770. The summed E-state index contributed by atoms with van der Waals surface area (Å²) in [5.41, 5.74) is 3.09. The molecule has 0 N–H and O–H groups in total. The first kappa shape index (κ1) is 16.3. The molecule has 2 aromatic rings. The molecule has 0 radical (unpaired) electrons. The fourth-order valence-electron chi connectivity index (χ4n) is 2.91. The number of fused-ring (bicyclic) bond motifs is 1. The molecule has 0 bridgehead atoms. The largest absolute Gasteiger partial charge is 0.308 e. The van der Waals surface area contributed by atoms with Crippen molar-refractivity contribution in [2.75, 3.05) is 26.5 Å². The Morgan fingerprint density at radius 2 is 1.95 bits per heavy atom. The molecule has 118 valence electrons. The first-order chi connectivity index (χ1) is 9.86. The predicted molar refractivity (Wildman–Crippen MR) is 88.1 cm³/mol. The van der Waals surface area contributed by atoms with E-state index in [0.29, 0.717) is 17.8 Å². The zero-order chi connectivity index (χ0) is 15.7. The summed E-state index contributed by atoms with van der Waals surface area (Å²) < 4.78 is 4.29. The maximum Gasteiger partial charge on any atom is 0.158 e. The van der Waals surface area contributed by atoms with Crippen LogP contribution in [0.1, 0.15) is 31.4 Å². The van der Waals surface area contributed by atoms with Crippen molar-refractivity contribution in [2.24, 2.45) is 13.0 Å². The van der Waals surface area contributed by atoms with Crippen LogP contribution in [0.5, 0.6) is 0 Å². The van der Waals surface area contributed by atoms with Gasteiger partial charge in [0, 0.05) is 25.9 Å². The monoisotopic (exact) mass is 311 g/mol. The Balaban J connectivity index is 2.64. The van der Waals surface area contributed by atoms with Gasteiger partial charge in [0.1, 0.15) is 11.3 Å². The summed E-state index contributed by atoms with van der Waals surface area (Å²) in [6.45, 7) is 7.50. The van der Waals surface area contributed by atoms with Crippen LogP contribution in [0, 0.1) is 12.8 Å².